The Hall–Kier alpha value is -2.14. The summed E-state index contributed by atoms with van der Waals surface area (Å²) in [7, 11) is 0. The maximum atomic E-state index is 12.0. The molecule has 0 spiro atoms. The largest absolute Gasteiger partial charge is 0.384 e. The summed E-state index contributed by atoms with van der Waals surface area (Å²) in [5.41, 5.74) is 7.67. The zero-order valence-corrected chi connectivity index (χ0v) is 11.1. The van der Waals surface area contributed by atoms with Gasteiger partial charge < -0.3 is 11.1 Å². The summed E-state index contributed by atoms with van der Waals surface area (Å²) in [4.78, 5) is 19.9. The SMILES string of the molecule is Cc1cnccc1CNC(=O)c1nc(N)ccc1Cl. The number of rotatable bonds is 3. The zero-order valence-electron chi connectivity index (χ0n) is 10.4. The molecule has 19 heavy (non-hydrogen) atoms. The lowest BCUT2D eigenvalue weighted by Gasteiger charge is -2.08. The van der Waals surface area contributed by atoms with E-state index in [0.717, 1.165) is 11.1 Å². The highest BCUT2D eigenvalue weighted by molar-refractivity contribution is 6.33. The maximum absolute atomic E-state index is 12.0. The molecule has 0 fully saturated rings. The molecule has 98 valence electrons. The second-order valence-electron chi connectivity index (χ2n) is 4.05. The van der Waals surface area contributed by atoms with Crippen LogP contribution < -0.4 is 11.1 Å². The van der Waals surface area contributed by atoms with Crippen LogP contribution in [0.15, 0.2) is 30.6 Å². The number of pyridine rings is 2. The summed E-state index contributed by atoms with van der Waals surface area (Å²) in [5.74, 6) is -0.0943. The fraction of sp³-hybridized carbons (Fsp3) is 0.154. The second kappa shape index (κ2) is 5.67. The van der Waals surface area contributed by atoms with Crippen molar-refractivity contribution in [2.24, 2.45) is 0 Å². The van der Waals surface area contributed by atoms with Crippen molar-refractivity contribution in [3.63, 3.8) is 0 Å². The molecule has 6 heteroatoms. The number of halogens is 1. The van der Waals surface area contributed by atoms with Gasteiger partial charge in [0.25, 0.3) is 5.91 Å². The van der Waals surface area contributed by atoms with Crippen LogP contribution >= 0.6 is 11.6 Å². The summed E-state index contributed by atoms with van der Waals surface area (Å²) in [6.07, 6.45) is 3.42. The van der Waals surface area contributed by atoms with E-state index in [9.17, 15) is 4.79 Å². The molecular weight excluding hydrogens is 264 g/mol. The highest BCUT2D eigenvalue weighted by atomic mass is 35.5. The molecule has 0 saturated heterocycles. The summed E-state index contributed by atoms with van der Waals surface area (Å²) in [5, 5.41) is 3.03. The van der Waals surface area contributed by atoms with Gasteiger partial charge in [0, 0.05) is 18.9 Å². The van der Waals surface area contributed by atoms with E-state index in [1.807, 2.05) is 13.0 Å². The predicted molar refractivity (Wildman–Crippen MR) is 73.8 cm³/mol. The van der Waals surface area contributed by atoms with Crippen molar-refractivity contribution < 1.29 is 4.79 Å². The average molecular weight is 277 g/mol. The summed E-state index contributed by atoms with van der Waals surface area (Å²) in [6, 6.07) is 4.95. The smallest absolute Gasteiger partial charge is 0.271 e. The number of hydrogen-bond donors (Lipinski definition) is 2. The third kappa shape index (κ3) is 3.20. The molecule has 0 saturated carbocycles. The van der Waals surface area contributed by atoms with Crippen LogP contribution in [-0.4, -0.2) is 15.9 Å². The molecule has 0 aromatic carbocycles. The van der Waals surface area contributed by atoms with Gasteiger partial charge in [-0.3, -0.25) is 9.78 Å². The van der Waals surface area contributed by atoms with Gasteiger partial charge in [-0.15, -0.1) is 0 Å². The van der Waals surface area contributed by atoms with Gasteiger partial charge in [-0.05, 0) is 36.2 Å². The van der Waals surface area contributed by atoms with Crippen molar-refractivity contribution in [3.8, 4) is 0 Å². The number of nitrogen functional groups attached to an aromatic ring is 1. The van der Waals surface area contributed by atoms with Crippen molar-refractivity contribution in [2.45, 2.75) is 13.5 Å². The molecule has 1 amide bonds. The minimum Gasteiger partial charge on any atom is -0.384 e. The number of anilines is 1. The van der Waals surface area contributed by atoms with Crippen LogP contribution in [0.25, 0.3) is 0 Å². The lowest BCUT2D eigenvalue weighted by molar-refractivity contribution is 0.0946. The van der Waals surface area contributed by atoms with E-state index >= 15 is 0 Å². The molecule has 0 bridgehead atoms. The van der Waals surface area contributed by atoms with Crippen LogP contribution in [0.5, 0.6) is 0 Å². The molecule has 0 atom stereocenters. The van der Waals surface area contributed by atoms with Crippen LogP contribution in [0.3, 0.4) is 0 Å². The Labute approximate surface area is 115 Å². The van der Waals surface area contributed by atoms with Crippen molar-refractivity contribution in [3.05, 3.63) is 52.4 Å². The molecule has 0 aliphatic carbocycles. The van der Waals surface area contributed by atoms with Crippen molar-refractivity contribution in [1.29, 1.82) is 0 Å². The first kappa shape index (κ1) is 13.3. The van der Waals surface area contributed by atoms with E-state index in [4.69, 9.17) is 17.3 Å². The van der Waals surface area contributed by atoms with E-state index in [0.29, 0.717) is 6.54 Å². The first-order valence-corrected chi connectivity index (χ1v) is 6.05. The number of aromatic nitrogens is 2. The van der Waals surface area contributed by atoms with Gasteiger partial charge in [-0.2, -0.15) is 0 Å². The van der Waals surface area contributed by atoms with Gasteiger partial charge in [0.15, 0.2) is 0 Å². The molecule has 0 aliphatic heterocycles. The predicted octanol–water partition coefficient (Wildman–Crippen LogP) is 1.95. The van der Waals surface area contributed by atoms with Crippen LogP contribution in [0.4, 0.5) is 5.82 Å². The van der Waals surface area contributed by atoms with E-state index in [-0.39, 0.29) is 22.4 Å². The molecule has 2 aromatic rings. The van der Waals surface area contributed by atoms with E-state index in [1.54, 1.807) is 24.5 Å². The normalized spacial score (nSPS) is 10.2. The Bertz CT molecular complexity index is 615. The summed E-state index contributed by atoms with van der Waals surface area (Å²) >= 11 is 5.92. The Morgan fingerprint density at radius 1 is 1.42 bits per heavy atom. The summed E-state index contributed by atoms with van der Waals surface area (Å²) in [6.45, 7) is 2.32. The van der Waals surface area contributed by atoms with Crippen LogP contribution in [0.1, 0.15) is 21.6 Å². The van der Waals surface area contributed by atoms with Gasteiger partial charge in [-0.1, -0.05) is 11.6 Å². The van der Waals surface area contributed by atoms with Gasteiger partial charge >= 0.3 is 0 Å². The molecule has 0 unspecified atom stereocenters. The van der Waals surface area contributed by atoms with Crippen LogP contribution in [0, 0.1) is 6.92 Å². The number of nitrogens with one attached hydrogen (secondary N) is 1. The maximum Gasteiger partial charge on any atom is 0.271 e. The first-order chi connectivity index (χ1) is 9.08. The number of nitrogens with two attached hydrogens (primary N) is 1. The molecule has 0 radical (unpaired) electrons. The quantitative estimate of drug-likeness (QED) is 0.898. The van der Waals surface area contributed by atoms with Gasteiger partial charge in [0.2, 0.25) is 0 Å². The Kier molecular flexibility index (Phi) is 3.97. The van der Waals surface area contributed by atoms with E-state index < -0.39 is 0 Å². The number of amides is 1. The van der Waals surface area contributed by atoms with E-state index in [2.05, 4.69) is 15.3 Å². The van der Waals surface area contributed by atoms with Crippen molar-refractivity contribution in [2.75, 3.05) is 5.73 Å². The molecule has 2 aromatic heterocycles. The second-order valence-corrected chi connectivity index (χ2v) is 4.46. The first-order valence-electron chi connectivity index (χ1n) is 5.67. The molecular formula is C13H13ClN4O. The van der Waals surface area contributed by atoms with Crippen LogP contribution in [0.2, 0.25) is 5.02 Å². The molecule has 2 heterocycles. The lowest BCUT2D eigenvalue weighted by Crippen LogP contribution is -2.24. The number of carbonyl (C=O) groups is 1. The number of aryl methyl sites for hydroxylation is 1. The molecule has 3 N–H and O–H groups in total. The fourth-order valence-corrected chi connectivity index (χ4v) is 1.77. The zero-order chi connectivity index (χ0) is 13.8. The highest BCUT2D eigenvalue weighted by Gasteiger charge is 2.12. The Morgan fingerprint density at radius 3 is 2.95 bits per heavy atom. The topological polar surface area (TPSA) is 80.9 Å². The van der Waals surface area contributed by atoms with Crippen molar-refractivity contribution in [1.82, 2.24) is 15.3 Å². The minimum absolute atomic E-state index is 0.133. The third-order valence-electron chi connectivity index (χ3n) is 2.66. The molecule has 2 rings (SSSR count). The van der Waals surface area contributed by atoms with Gasteiger partial charge in [0.1, 0.15) is 11.5 Å². The number of nitrogens with zero attached hydrogens (tertiary/aromatic N) is 2. The fourth-order valence-electron chi connectivity index (χ4n) is 1.58. The molecule has 5 nitrogen and oxygen atoms in total. The number of carbonyl (C=O) groups excluding carboxylic acids is 1. The number of hydrogen-bond acceptors (Lipinski definition) is 4. The monoisotopic (exact) mass is 276 g/mol. The molecule has 0 aliphatic rings. The summed E-state index contributed by atoms with van der Waals surface area (Å²) < 4.78 is 0. The third-order valence-corrected chi connectivity index (χ3v) is 2.96. The van der Waals surface area contributed by atoms with Gasteiger partial charge in [-0.25, -0.2) is 4.98 Å². The van der Waals surface area contributed by atoms with Gasteiger partial charge in [0.05, 0.1) is 5.02 Å². The van der Waals surface area contributed by atoms with Crippen molar-refractivity contribution >= 4 is 23.3 Å². The van der Waals surface area contributed by atoms with E-state index in [1.165, 1.54) is 0 Å². The Balaban J connectivity index is 2.10. The average Bonchev–Trinajstić information content (AvgIpc) is 2.40. The van der Waals surface area contributed by atoms with Crippen LogP contribution in [-0.2, 0) is 6.54 Å². The standard InChI is InChI=1S/C13H13ClN4O/c1-8-6-16-5-4-9(8)7-17-13(19)12-10(14)2-3-11(15)18-12/h2-6H,7H2,1H3,(H2,15,18)(H,17,19). The Morgan fingerprint density at radius 2 is 2.21 bits per heavy atom. The minimum atomic E-state index is -0.353. The lowest BCUT2D eigenvalue weighted by atomic mass is 10.1. The highest BCUT2D eigenvalue weighted by Crippen LogP contribution is 2.15.